The lowest BCUT2D eigenvalue weighted by atomic mass is 9.90. The molecule has 3 N–H and O–H groups in total. The molecule has 1 atom stereocenters. The van der Waals surface area contributed by atoms with E-state index in [1.54, 1.807) is 56.4 Å². The summed E-state index contributed by atoms with van der Waals surface area (Å²) in [5.41, 5.74) is 9.60. The molecule has 0 bridgehead atoms. The van der Waals surface area contributed by atoms with Gasteiger partial charge in [-0.1, -0.05) is 36.4 Å². The summed E-state index contributed by atoms with van der Waals surface area (Å²) in [7, 11) is 1.58. The minimum atomic E-state index is -0.665. The quantitative estimate of drug-likeness (QED) is 0.427. The summed E-state index contributed by atoms with van der Waals surface area (Å²) in [6, 6.07) is 20.9. The number of carbonyl (C=O) groups is 3. The Balaban J connectivity index is 1.76. The molecule has 0 spiro atoms. The molecule has 8 heteroatoms. The first-order valence-electron chi connectivity index (χ1n) is 10.8. The first kappa shape index (κ1) is 22.7. The fourth-order valence-electron chi connectivity index (χ4n) is 3.80. The Morgan fingerprint density at radius 3 is 2.38 bits per heavy atom. The topological polar surface area (TPSA) is 114 Å². The first-order valence-corrected chi connectivity index (χ1v) is 10.8. The summed E-state index contributed by atoms with van der Waals surface area (Å²) in [6.07, 6.45) is 0. The highest BCUT2D eigenvalue weighted by Crippen LogP contribution is 2.37. The van der Waals surface area contributed by atoms with Crippen LogP contribution in [0.15, 0.2) is 77.8 Å². The number of nitrogens with two attached hydrogens (primary N) is 1. The van der Waals surface area contributed by atoms with Crippen molar-refractivity contribution in [2.45, 2.75) is 12.8 Å². The van der Waals surface area contributed by atoms with E-state index in [0.717, 1.165) is 11.1 Å². The third-order valence-electron chi connectivity index (χ3n) is 5.56. The highest BCUT2D eigenvalue weighted by atomic mass is 16.5. The molecule has 0 saturated heterocycles. The Bertz CT molecular complexity index is 1270. The van der Waals surface area contributed by atoms with E-state index in [1.807, 2.05) is 30.3 Å². The number of urea groups is 1. The molecule has 0 radical (unpaired) electrons. The number of carbonyl (C=O) groups excluding carboxylic acids is 3. The van der Waals surface area contributed by atoms with Gasteiger partial charge in [-0.25, -0.2) is 9.59 Å². The summed E-state index contributed by atoms with van der Waals surface area (Å²) in [5.74, 6) is -1.34. The zero-order chi connectivity index (χ0) is 24.2. The van der Waals surface area contributed by atoms with Crippen LogP contribution in [0.4, 0.5) is 21.9 Å². The van der Waals surface area contributed by atoms with Gasteiger partial charge in [0.25, 0.3) is 0 Å². The van der Waals surface area contributed by atoms with E-state index in [0.29, 0.717) is 28.3 Å². The lowest BCUT2D eigenvalue weighted by Gasteiger charge is -2.16. The zero-order valence-corrected chi connectivity index (χ0v) is 18.8. The van der Waals surface area contributed by atoms with Crippen LogP contribution in [0, 0.1) is 0 Å². The van der Waals surface area contributed by atoms with Gasteiger partial charge in [-0.3, -0.25) is 14.7 Å². The Morgan fingerprint density at radius 1 is 1.03 bits per heavy atom. The van der Waals surface area contributed by atoms with E-state index in [4.69, 9.17) is 15.5 Å². The van der Waals surface area contributed by atoms with Crippen molar-refractivity contribution >= 4 is 40.7 Å². The average Bonchev–Trinajstić information content (AvgIpc) is 3.17. The number of ether oxygens (including phenoxy) is 1. The largest absolute Gasteiger partial charge is 0.462 e. The molecule has 1 aliphatic rings. The fraction of sp³-hybridized carbons (Fsp3) is 0.154. The standard InChI is InChI=1S/C26H24N4O4/c1-3-34-25(32)17-9-14-20-21(15-17)29-24(31)22(20)23(16-7-5-4-6-8-16)28-18-10-12-19(13-11-18)30(2)26(27)33/h4-15,22H,3H2,1-2H3,(H2,27,33)(H,29,31). The number of primary amides is 1. The van der Waals surface area contributed by atoms with Gasteiger partial charge in [-0.2, -0.15) is 0 Å². The predicted molar refractivity (Wildman–Crippen MR) is 131 cm³/mol. The van der Waals surface area contributed by atoms with Gasteiger partial charge in [0.1, 0.15) is 5.92 Å². The summed E-state index contributed by atoms with van der Waals surface area (Å²) in [5, 5.41) is 2.87. The number of rotatable bonds is 6. The molecule has 0 aliphatic carbocycles. The summed E-state index contributed by atoms with van der Waals surface area (Å²) in [6.45, 7) is 2.01. The Hall–Kier alpha value is -4.46. The first-order chi connectivity index (χ1) is 16.4. The highest BCUT2D eigenvalue weighted by molar-refractivity contribution is 6.24. The second-order valence-electron chi connectivity index (χ2n) is 7.72. The average molecular weight is 457 g/mol. The van der Waals surface area contributed by atoms with Crippen LogP contribution >= 0.6 is 0 Å². The van der Waals surface area contributed by atoms with Crippen LogP contribution in [-0.4, -0.2) is 37.3 Å². The molecule has 1 unspecified atom stereocenters. The third-order valence-corrected chi connectivity index (χ3v) is 5.56. The van der Waals surface area contributed by atoms with Crippen LogP contribution in [-0.2, 0) is 9.53 Å². The van der Waals surface area contributed by atoms with Gasteiger partial charge >= 0.3 is 12.0 Å². The van der Waals surface area contributed by atoms with Gasteiger partial charge in [0.05, 0.1) is 23.6 Å². The molecule has 3 aromatic carbocycles. The fourth-order valence-corrected chi connectivity index (χ4v) is 3.80. The van der Waals surface area contributed by atoms with Crippen molar-refractivity contribution in [3.63, 3.8) is 0 Å². The van der Waals surface area contributed by atoms with Crippen molar-refractivity contribution in [3.05, 3.63) is 89.5 Å². The minimum absolute atomic E-state index is 0.233. The normalized spacial score (nSPS) is 14.8. The van der Waals surface area contributed by atoms with Crippen LogP contribution in [0.3, 0.4) is 0 Å². The summed E-state index contributed by atoms with van der Waals surface area (Å²) < 4.78 is 5.07. The van der Waals surface area contributed by atoms with Gasteiger partial charge in [0, 0.05) is 18.4 Å². The maximum Gasteiger partial charge on any atom is 0.338 e. The molecular formula is C26H24N4O4. The number of amides is 3. The number of fused-ring (bicyclic) bond motifs is 1. The zero-order valence-electron chi connectivity index (χ0n) is 18.8. The number of esters is 1. The van der Waals surface area contributed by atoms with Crippen LogP contribution in [0.5, 0.6) is 0 Å². The van der Waals surface area contributed by atoms with E-state index in [2.05, 4.69) is 5.32 Å². The van der Waals surface area contributed by atoms with Gasteiger partial charge in [0.15, 0.2) is 0 Å². The lowest BCUT2D eigenvalue weighted by Crippen LogP contribution is -2.31. The molecule has 1 heterocycles. The second kappa shape index (κ2) is 9.58. The van der Waals surface area contributed by atoms with E-state index >= 15 is 0 Å². The van der Waals surface area contributed by atoms with Crippen molar-refractivity contribution < 1.29 is 19.1 Å². The maximum absolute atomic E-state index is 13.1. The molecule has 4 rings (SSSR count). The van der Waals surface area contributed by atoms with Crippen molar-refractivity contribution in [1.82, 2.24) is 0 Å². The van der Waals surface area contributed by atoms with Gasteiger partial charge in [0.2, 0.25) is 5.91 Å². The van der Waals surface area contributed by atoms with Crippen LogP contribution < -0.4 is 16.0 Å². The number of anilines is 2. The second-order valence-corrected chi connectivity index (χ2v) is 7.72. The molecule has 172 valence electrons. The number of nitrogens with one attached hydrogen (secondary N) is 1. The maximum atomic E-state index is 13.1. The third kappa shape index (κ3) is 4.52. The number of aliphatic imine (C=N–C) groups is 1. The lowest BCUT2D eigenvalue weighted by molar-refractivity contribution is -0.115. The van der Waals surface area contributed by atoms with E-state index in [-0.39, 0.29) is 12.5 Å². The Morgan fingerprint density at radius 2 is 1.74 bits per heavy atom. The number of benzene rings is 3. The molecule has 1 aliphatic heterocycles. The van der Waals surface area contributed by atoms with Crippen molar-refractivity contribution in [2.75, 3.05) is 23.9 Å². The van der Waals surface area contributed by atoms with E-state index < -0.39 is 17.9 Å². The predicted octanol–water partition coefficient (Wildman–Crippen LogP) is 4.23. The molecular weight excluding hydrogens is 432 g/mol. The molecule has 0 saturated carbocycles. The highest BCUT2D eigenvalue weighted by Gasteiger charge is 2.36. The molecule has 3 aromatic rings. The molecule has 3 amide bonds. The Labute approximate surface area is 197 Å². The summed E-state index contributed by atoms with van der Waals surface area (Å²) in [4.78, 5) is 42.8. The minimum Gasteiger partial charge on any atom is -0.462 e. The number of hydrogen-bond donors (Lipinski definition) is 2. The van der Waals surface area contributed by atoms with Crippen molar-refractivity contribution in [1.29, 1.82) is 0 Å². The molecule has 34 heavy (non-hydrogen) atoms. The molecule has 8 nitrogen and oxygen atoms in total. The van der Waals surface area contributed by atoms with Crippen LogP contribution in [0.2, 0.25) is 0 Å². The summed E-state index contributed by atoms with van der Waals surface area (Å²) >= 11 is 0. The van der Waals surface area contributed by atoms with Crippen LogP contribution in [0.25, 0.3) is 0 Å². The van der Waals surface area contributed by atoms with Gasteiger partial charge < -0.3 is 15.8 Å². The van der Waals surface area contributed by atoms with Gasteiger partial charge in [-0.05, 0) is 54.4 Å². The van der Waals surface area contributed by atoms with E-state index in [1.165, 1.54) is 4.90 Å². The monoisotopic (exact) mass is 456 g/mol. The molecule has 0 fully saturated rings. The smallest absolute Gasteiger partial charge is 0.338 e. The molecule has 0 aromatic heterocycles. The number of hydrogen-bond acceptors (Lipinski definition) is 5. The van der Waals surface area contributed by atoms with E-state index in [9.17, 15) is 14.4 Å². The van der Waals surface area contributed by atoms with Crippen molar-refractivity contribution in [3.8, 4) is 0 Å². The van der Waals surface area contributed by atoms with Crippen molar-refractivity contribution in [2.24, 2.45) is 10.7 Å². The number of nitrogens with zero attached hydrogens (tertiary/aromatic N) is 2. The van der Waals surface area contributed by atoms with Crippen LogP contribution in [0.1, 0.15) is 34.3 Å². The van der Waals surface area contributed by atoms with Gasteiger partial charge in [-0.15, -0.1) is 0 Å². The Kier molecular flexibility index (Phi) is 6.40. The SMILES string of the molecule is CCOC(=O)c1ccc2c(c1)NC(=O)C2C(=Nc1ccc(N(C)C(N)=O)cc1)c1ccccc1.